The van der Waals surface area contributed by atoms with Gasteiger partial charge in [0, 0.05) is 19.1 Å². The molecule has 0 bridgehead atoms. The predicted octanol–water partition coefficient (Wildman–Crippen LogP) is 0.735. The van der Waals surface area contributed by atoms with Crippen LogP contribution in [0.1, 0.15) is 24.8 Å². The summed E-state index contributed by atoms with van der Waals surface area (Å²) in [5.74, 6) is 0. The minimum absolute atomic E-state index is 0.0424. The Kier molecular flexibility index (Phi) is 4.36. The predicted molar refractivity (Wildman–Crippen MR) is 78.3 cm³/mol. The van der Waals surface area contributed by atoms with Crippen molar-refractivity contribution in [2.45, 2.75) is 50.1 Å². The lowest BCUT2D eigenvalue weighted by Crippen LogP contribution is -2.66. The number of benzene rings is 1. The van der Waals surface area contributed by atoms with E-state index in [-0.39, 0.29) is 6.04 Å². The second-order valence-corrected chi connectivity index (χ2v) is 6.01. The lowest BCUT2D eigenvalue weighted by atomic mass is 9.85. The van der Waals surface area contributed by atoms with Crippen molar-refractivity contribution in [3.05, 3.63) is 35.9 Å². The van der Waals surface area contributed by atoms with Crippen LogP contribution < -0.4 is 5.32 Å². The fourth-order valence-electron chi connectivity index (χ4n) is 3.55. The largest absolute Gasteiger partial charge is 0.389 e. The number of piperidine rings is 2. The summed E-state index contributed by atoms with van der Waals surface area (Å²) in [6, 6.07) is 10.5. The zero-order chi connectivity index (χ0) is 13.9. The molecule has 0 radical (unpaired) electrons. The van der Waals surface area contributed by atoms with Gasteiger partial charge < -0.3 is 15.5 Å². The van der Waals surface area contributed by atoms with Crippen molar-refractivity contribution in [3.63, 3.8) is 0 Å². The van der Waals surface area contributed by atoms with E-state index in [2.05, 4.69) is 22.3 Å². The third kappa shape index (κ3) is 2.88. The fourth-order valence-corrected chi connectivity index (χ4v) is 3.55. The maximum absolute atomic E-state index is 10.3. The molecule has 4 heteroatoms. The molecule has 1 aromatic rings. The first-order valence-electron chi connectivity index (χ1n) is 7.63. The number of aliphatic hydroxyl groups is 2. The number of fused-ring (bicyclic) bond motifs is 1. The summed E-state index contributed by atoms with van der Waals surface area (Å²) in [7, 11) is 0. The molecular weight excluding hydrogens is 252 g/mol. The molecule has 20 heavy (non-hydrogen) atoms. The van der Waals surface area contributed by atoms with Crippen LogP contribution >= 0.6 is 0 Å². The summed E-state index contributed by atoms with van der Waals surface area (Å²) in [5, 5.41) is 23.8. The Morgan fingerprint density at radius 3 is 2.75 bits per heavy atom. The van der Waals surface area contributed by atoms with E-state index >= 15 is 0 Å². The van der Waals surface area contributed by atoms with E-state index in [4.69, 9.17) is 0 Å². The van der Waals surface area contributed by atoms with E-state index in [1.807, 2.05) is 18.2 Å². The molecule has 0 aromatic heterocycles. The molecule has 2 saturated heterocycles. The maximum Gasteiger partial charge on any atom is 0.0979 e. The smallest absolute Gasteiger partial charge is 0.0979 e. The number of nitrogens with zero attached hydrogens (tertiary/aromatic N) is 1. The first-order chi connectivity index (χ1) is 9.75. The van der Waals surface area contributed by atoms with E-state index in [9.17, 15) is 10.2 Å². The second-order valence-electron chi connectivity index (χ2n) is 6.01. The molecule has 2 heterocycles. The molecule has 0 amide bonds. The first kappa shape index (κ1) is 14.0. The molecule has 4 atom stereocenters. The molecule has 0 aliphatic carbocycles. The average Bonchev–Trinajstić information content (AvgIpc) is 2.49. The van der Waals surface area contributed by atoms with Crippen molar-refractivity contribution in [3.8, 4) is 0 Å². The van der Waals surface area contributed by atoms with Crippen LogP contribution in [0.4, 0.5) is 0 Å². The lowest BCUT2D eigenvalue weighted by Gasteiger charge is -2.48. The van der Waals surface area contributed by atoms with Gasteiger partial charge in [0.1, 0.15) is 0 Å². The van der Waals surface area contributed by atoms with Gasteiger partial charge >= 0.3 is 0 Å². The Morgan fingerprint density at radius 1 is 1.15 bits per heavy atom. The van der Waals surface area contributed by atoms with Crippen LogP contribution in [0, 0.1) is 0 Å². The van der Waals surface area contributed by atoms with Gasteiger partial charge in [-0.05, 0) is 24.9 Å². The van der Waals surface area contributed by atoms with Gasteiger partial charge in [0.2, 0.25) is 0 Å². The van der Waals surface area contributed by atoms with Crippen LogP contribution in [0.5, 0.6) is 0 Å². The zero-order valence-corrected chi connectivity index (χ0v) is 11.8. The number of aliphatic hydroxyl groups excluding tert-OH is 2. The van der Waals surface area contributed by atoms with Gasteiger partial charge in [-0.1, -0.05) is 36.8 Å². The van der Waals surface area contributed by atoms with E-state index < -0.39 is 12.2 Å². The fraction of sp³-hybridized carbons (Fsp3) is 0.625. The van der Waals surface area contributed by atoms with Crippen molar-refractivity contribution < 1.29 is 10.2 Å². The van der Waals surface area contributed by atoms with Crippen LogP contribution in [-0.2, 0) is 6.54 Å². The standard InChI is InChI=1S/C16H24N2O2/c19-14-11-18-9-5-4-8-13(18)15(16(14)20)17-10-12-6-2-1-3-7-12/h1-3,6-7,13-17,19-20H,4-5,8-11H2/t13-,14+,15-,16-/m1/s1. The summed E-state index contributed by atoms with van der Waals surface area (Å²) in [5.41, 5.74) is 1.21. The highest BCUT2D eigenvalue weighted by Gasteiger charge is 2.42. The second kappa shape index (κ2) is 6.22. The molecule has 2 aliphatic heterocycles. The van der Waals surface area contributed by atoms with Crippen molar-refractivity contribution in [2.24, 2.45) is 0 Å². The van der Waals surface area contributed by atoms with Crippen molar-refractivity contribution >= 4 is 0 Å². The van der Waals surface area contributed by atoms with E-state index in [1.165, 1.54) is 18.4 Å². The zero-order valence-electron chi connectivity index (χ0n) is 11.8. The van der Waals surface area contributed by atoms with Gasteiger partial charge in [0.25, 0.3) is 0 Å². The maximum atomic E-state index is 10.3. The minimum Gasteiger partial charge on any atom is -0.389 e. The minimum atomic E-state index is -0.668. The molecule has 1 aromatic carbocycles. The molecule has 0 unspecified atom stereocenters. The van der Waals surface area contributed by atoms with Gasteiger partial charge in [-0.25, -0.2) is 0 Å². The number of hydrogen-bond acceptors (Lipinski definition) is 4. The molecule has 4 nitrogen and oxygen atoms in total. The van der Waals surface area contributed by atoms with E-state index in [1.54, 1.807) is 0 Å². The number of nitrogens with one attached hydrogen (secondary N) is 1. The Morgan fingerprint density at radius 2 is 1.95 bits per heavy atom. The number of hydrogen-bond donors (Lipinski definition) is 3. The highest BCUT2D eigenvalue weighted by atomic mass is 16.3. The highest BCUT2D eigenvalue weighted by molar-refractivity contribution is 5.15. The van der Waals surface area contributed by atoms with Crippen molar-refractivity contribution in [1.29, 1.82) is 0 Å². The Labute approximate surface area is 120 Å². The quantitative estimate of drug-likeness (QED) is 0.762. The van der Waals surface area contributed by atoms with Gasteiger partial charge in [-0.15, -0.1) is 0 Å². The molecule has 3 rings (SSSR count). The van der Waals surface area contributed by atoms with Crippen LogP contribution in [0.15, 0.2) is 30.3 Å². The monoisotopic (exact) mass is 276 g/mol. The average molecular weight is 276 g/mol. The number of rotatable bonds is 3. The molecule has 2 fully saturated rings. The summed E-state index contributed by atoms with van der Waals surface area (Å²) in [4.78, 5) is 2.34. The topological polar surface area (TPSA) is 55.7 Å². The summed E-state index contributed by atoms with van der Waals surface area (Å²) in [6.45, 7) is 2.38. The van der Waals surface area contributed by atoms with Gasteiger partial charge in [-0.2, -0.15) is 0 Å². The Bertz CT molecular complexity index is 426. The van der Waals surface area contributed by atoms with Crippen LogP contribution in [-0.4, -0.2) is 52.5 Å². The first-order valence-corrected chi connectivity index (χ1v) is 7.63. The van der Waals surface area contributed by atoms with Gasteiger partial charge in [0.05, 0.1) is 18.2 Å². The molecule has 0 saturated carbocycles. The lowest BCUT2D eigenvalue weighted by molar-refractivity contribution is -0.0921. The molecule has 110 valence electrons. The van der Waals surface area contributed by atoms with Crippen molar-refractivity contribution in [1.82, 2.24) is 10.2 Å². The third-order valence-corrected chi connectivity index (χ3v) is 4.65. The van der Waals surface area contributed by atoms with Crippen LogP contribution in [0.25, 0.3) is 0 Å². The van der Waals surface area contributed by atoms with Crippen molar-refractivity contribution in [2.75, 3.05) is 13.1 Å². The molecule has 3 N–H and O–H groups in total. The molecular formula is C16H24N2O2. The van der Waals surface area contributed by atoms with E-state index in [0.29, 0.717) is 12.6 Å². The van der Waals surface area contributed by atoms with E-state index in [0.717, 1.165) is 19.5 Å². The SMILES string of the molecule is O[C@H]1[C@H](NCc2ccccc2)[C@H]2CCCCN2C[C@@H]1O. The molecule has 0 spiro atoms. The molecule has 2 aliphatic rings. The normalized spacial score (nSPS) is 34.7. The van der Waals surface area contributed by atoms with Crippen LogP contribution in [0.3, 0.4) is 0 Å². The highest BCUT2D eigenvalue weighted by Crippen LogP contribution is 2.27. The Hall–Kier alpha value is -0.940. The van der Waals surface area contributed by atoms with Gasteiger partial charge in [0.15, 0.2) is 0 Å². The summed E-state index contributed by atoms with van der Waals surface area (Å²) in [6.07, 6.45) is 2.21. The van der Waals surface area contributed by atoms with Gasteiger partial charge in [-0.3, -0.25) is 4.90 Å². The summed E-state index contributed by atoms with van der Waals surface area (Å²) < 4.78 is 0. The Balaban J connectivity index is 1.68. The third-order valence-electron chi connectivity index (χ3n) is 4.65. The summed E-state index contributed by atoms with van der Waals surface area (Å²) >= 11 is 0. The van der Waals surface area contributed by atoms with Crippen LogP contribution in [0.2, 0.25) is 0 Å².